The van der Waals surface area contributed by atoms with Gasteiger partial charge in [0, 0.05) is 17.1 Å². The van der Waals surface area contributed by atoms with Crippen molar-refractivity contribution in [1.82, 2.24) is 5.32 Å². The lowest BCUT2D eigenvalue weighted by Crippen LogP contribution is -2.30. The van der Waals surface area contributed by atoms with E-state index < -0.39 is 0 Å². The molecule has 3 heteroatoms. The molecular weight excluding hydrogens is 234 g/mol. The Bertz CT molecular complexity index is 422. The molecule has 0 atom stereocenters. The third kappa shape index (κ3) is 3.60. The molecule has 0 bridgehead atoms. The third-order valence-corrected chi connectivity index (χ3v) is 3.37. The van der Waals surface area contributed by atoms with Crippen molar-refractivity contribution in [2.24, 2.45) is 0 Å². The Balaban J connectivity index is 1.91. The molecule has 2 rings (SSSR count). The number of benzene rings is 1. The molecule has 0 aliphatic heterocycles. The lowest BCUT2D eigenvalue weighted by molar-refractivity contribution is -0.117. The number of hydrogen-bond acceptors (Lipinski definition) is 1. The first kappa shape index (κ1) is 12.2. The summed E-state index contributed by atoms with van der Waals surface area (Å²) in [6, 6.07) is 7.84. The molecule has 0 heterocycles. The van der Waals surface area contributed by atoms with Gasteiger partial charge < -0.3 is 5.32 Å². The summed E-state index contributed by atoms with van der Waals surface area (Å²) in [5.41, 5.74) is 0.871. The van der Waals surface area contributed by atoms with Gasteiger partial charge in [0.1, 0.15) is 0 Å². The predicted octanol–water partition coefficient (Wildman–Crippen LogP) is 3.41. The van der Waals surface area contributed by atoms with E-state index in [9.17, 15) is 4.79 Å². The van der Waals surface area contributed by atoms with Crippen molar-refractivity contribution in [3.05, 3.63) is 40.9 Å². The highest BCUT2D eigenvalue weighted by molar-refractivity contribution is 6.32. The van der Waals surface area contributed by atoms with Gasteiger partial charge in [0.05, 0.1) is 0 Å². The van der Waals surface area contributed by atoms with Crippen molar-refractivity contribution in [3.8, 4) is 0 Å². The van der Waals surface area contributed by atoms with E-state index in [-0.39, 0.29) is 5.91 Å². The first-order valence-electron chi connectivity index (χ1n) is 5.99. The average Bonchev–Trinajstić information content (AvgIpc) is 2.81. The summed E-state index contributed by atoms with van der Waals surface area (Å²) in [4.78, 5) is 11.6. The average molecular weight is 250 g/mol. The maximum Gasteiger partial charge on any atom is 0.244 e. The van der Waals surface area contributed by atoms with Crippen LogP contribution in [-0.2, 0) is 4.79 Å². The minimum absolute atomic E-state index is 0.0307. The molecule has 1 fully saturated rings. The Morgan fingerprint density at radius 3 is 2.71 bits per heavy atom. The topological polar surface area (TPSA) is 29.1 Å². The van der Waals surface area contributed by atoms with Gasteiger partial charge in [-0.2, -0.15) is 0 Å². The van der Waals surface area contributed by atoms with E-state index >= 15 is 0 Å². The second kappa shape index (κ2) is 5.87. The molecule has 1 saturated carbocycles. The Hall–Kier alpha value is -1.28. The summed E-state index contributed by atoms with van der Waals surface area (Å²) in [5.74, 6) is -0.0307. The highest BCUT2D eigenvalue weighted by Gasteiger charge is 2.15. The zero-order chi connectivity index (χ0) is 12.1. The maximum atomic E-state index is 11.6. The Morgan fingerprint density at radius 1 is 1.29 bits per heavy atom. The van der Waals surface area contributed by atoms with Gasteiger partial charge in [-0.05, 0) is 30.5 Å². The zero-order valence-corrected chi connectivity index (χ0v) is 10.4. The summed E-state index contributed by atoms with van der Waals surface area (Å²) < 4.78 is 0. The molecule has 0 aromatic heterocycles. The second-order valence-electron chi connectivity index (χ2n) is 4.34. The Kier molecular flexibility index (Phi) is 4.21. The minimum atomic E-state index is -0.0307. The van der Waals surface area contributed by atoms with Gasteiger partial charge in [0.15, 0.2) is 0 Å². The van der Waals surface area contributed by atoms with Gasteiger partial charge in [-0.25, -0.2) is 0 Å². The molecule has 0 spiro atoms. The van der Waals surface area contributed by atoms with Crippen LogP contribution < -0.4 is 5.32 Å². The Morgan fingerprint density at radius 2 is 2.00 bits per heavy atom. The number of rotatable bonds is 3. The van der Waals surface area contributed by atoms with Crippen molar-refractivity contribution in [1.29, 1.82) is 0 Å². The second-order valence-corrected chi connectivity index (χ2v) is 4.75. The molecule has 1 amide bonds. The largest absolute Gasteiger partial charge is 0.350 e. The molecule has 1 aliphatic rings. The summed E-state index contributed by atoms with van der Waals surface area (Å²) >= 11 is 6.00. The zero-order valence-electron chi connectivity index (χ0n) is 9.66. The van der Waals surface area contributed by atoms with Crippen LogP contribution in [0.2, 0.25) is 5.02 Å². The number of nitrogens with one attached hydrogen (secondary N) is 1. The van der Waals surface area contributed by atoms with Crippen molar-refractivity contribution in [2.75, 3.05) is 0 Å². The van der Waals surface area contributed by atoms with Crippen LogP contribution in [0, 0.1) is 0 Å². The quantitative estimate of drug-likeness (QED) is 0.818. The van der Waals surface area contributed by atoms with Gasteiger partial charge in [-0.3, -0.25) is 4.79 Å². The van der Waals surface area contributed by atoms with E-state index in [1.54, 1.807) is 12.2 Å². The molecule has 0 unspecified atom stereocenters. The number of amides is 1. The van der Waals surface area contributed by atoms with Crippen LogP contribution in [0.1, 0.15) is 31.2 Å². The van der Waals surface area contributed by atoms with E-state index in [0.29, 0.717) is 11.1 Å². The third-order valence-electron chi connectivity index (χ3n) is 3.02. The first-order valence-corrected chi connectivity index (χ1v) is 6.36. The number of hydrogen-bond donors (Lipinski definition) is 1. The molecule has 90 valence electrons. The summed E-state index contributed by atoms with van der Waals surface area (Å²) in [5, 5.41) is 3.66. The lowest BCUT2D eigenvalue weighted by Gasteiger charge is -2.09. The normalized spacial score (nSPS) is 16.5. The number of carbonyl (C=O) groups is 1. The van der Waals surface area contributed by atoms with Crippen molar-refractivity contribution >= 4 is 23.6 Å². The predicted molar refractivity (Wildman–Crippen MR) is 70.9 cm³/mol. The SMILES string of the molecule is O=C(/C=C\c1ccccc1Cl)NC1CCCC1. The number of halogens is 1. The van der Waals surface area contributed by atoms with E-state index in [1.807, 2.05) is 24.3 Å². The van der Waals surface area contributed by atoms with Crippen LogP contribution in [-0.4, -0.2) is 11.9 Å². The monoisotopic (exact) mass is 249 g/mol. The molecule has 1 aliphatic carbocycles. The molecule has 0 saturated heterocycles. The molecule has 1 aromatic carbocycles. The van der Waals surface area contributed by atoms with Crippen LogP contribution in [0.3, 0.4) is 0 Å². The van der Waals surface area contributed by atoms with Crippen molar-refractivity contribution in [3.63, 3.8) is 0 Å². The molecular formula is C14H16ClNO. The fraction of sp³-hybridized carbons (Fsp3) is 0.357. The van der Waals surface area contributed by atoms with Gasteiger partial charge in [-0.15, -0.1) is 0 Å². The van der Waals surface area contributed by atoms with E-state index in [2.05, 4.69) is 5.32 Å². The van der Waals surface area contributed by atoms with E-state index in [0.717, 1.165) is 18.4 Å². The molecule has 2 nitrogen and oxygen atoms in total. The van der Waals surface area contributed by atoms with Gasteiger partial charge >= 0.3 is 0 Å². The summed E-state index contributed by atoms with van der Waals surface area (Å²) in [7, 11) is 0. The fourth-order valence-corrected chi connectivity index (χ4v) is 2.29. The molecule has 0 radical (unpaired) electrons. The van der Waals surface area contributed by atoms with Crippen LogP contribution >= 0.6 is 11.6 Å². The lowest BCUT2D eigenvalue weighted by atomic mass is 10.2. The highest BCUT2D eigenvalue weighted by atomic mass is 35.5. The summed E-state index contributed by atoms with van der Waals surface area (Å²) in [6.45, 7) is 0. The molecule has 1 aromatic rings. The summed E-state index contributed by atoms with van der Waals surface area (Å²) in [6.07, 6.45) is 7.96. The minimum Gasteiger partial charge on any atom is -0.350 e. The highest BCUT2D eigenvalue weighted by Crippen LogP contribution is 2.18. The van der Waals surface area contributed by atoms with Gasteiger partial charge in [-0.1, -0.05) is 42.6 Å². The fourth-order valence-electron chi connectivity index (χ4n) is 2.10. The van der Waals surface area contributed by atoms with Gasteiger partial charge in [0.2, 0.25) is 5.91 Å². The standard InChI is InChI=1S/C14H16ClNO/c15-13-8-4-1-5-11(13)9-10-14(17)16-12-6-2-3-7-12/h1,4-5,8-10,12H,2-3,6-7H2,(H,16,17)/b10-9-. The first-order chi connectivity index (χ1) is 8.25. The smallest absolute Gasteiger partial charge is 0.244 e. The van der Waals surface area contributed by atoms with Crippen LogP contribution in [0.25, 0.3) is 6.08 Å². The maximum absolute atomic E-state index is 11.6. The van der Waals surface area contributed by atoms with Crippen LogP contribution in [0.4, 0.5) is 0 Å². The number of carbonyl (C=O) groups excluding carboxylic acids is 1. The van der Waals surface area contributed by atoms with Gasteiger partial charge in [0.25, 0.3) is 0 Å². The van der Waals surface area contributed by atoms with Crippen molar-refractivity contribution < 1.29 is 4.79 Å². The Labute approximate surface area is 107 Å². The van der Waals surface area contributed by atoms with Crippen LogP contribution in [0.15, 0.2) is 30.3 Å². The van der Waals surface area contributed by atoms with Crippen molar-refractivity contribution in [2.45, 2.75) is 31.7 Å². The molecule has 17 heavy (non-hydrogen) atoms. The van der Waals surface area contributed by atoms with Crippen LogP contribution in [0.5, 0.6) is 0 Å². The van der Waals surface area contributed by atoms with E-state index in [1.165, 1.54) is 12.8 Å². The molecule has 1 N–H and O–H groups in total. The van der Waals surface area contributed by atoms with E-state index in [4.69, 9.17) is 11.6 Å².